The van der Waals surface area contributed by atoms with Gasteiger partial charge in [-0.2, -0.15) is 4.90 Å². The quantitative estimate of drug-likeness (QED) is 0.414. The van der Waals surface area contributed by atoms with Crippen molar-refractivity contribution in [2.24, 2.45) is 5.73 Å². The highest BCUT2D eigenvalue weighted by Crippen LogP contribution is 2.03. The monoisotopic (exact) mass is 194 g/mol. The van der Waals surface area contributed by atoms with Crippen molar-refractivity contribution in [2.75, 3.05) is 11.9 Å². The summed E-state index contributed by atoms with van der Waals surface area (Å²) >= 11 is 0. The van der Waals surface area contributed by atoms with Crippen LogP contribution in [0.25, 0.3) is 0 Å². The molecule has 1 rings (SSSR count). The third-order valence-corrected chi connectivity index (χ3v) is 1.41. The first-order valence-electron chi connectivity index (χ1n) is 3.79. The third kappa shape index (κ3) is 1.94. The number of anilines is 1. The van der Waals surface area contributed by atoms with Gasteiger partial charge in [-0.05, 0) is 6.07 Å². The average Bonchev–Trinajstić information content (AvgIpc) is 2.19. The van der Waals surface area contributed by atoms with E-state index in [2.05, 4.69) is 15.3 Å². The van der Waals surface area contributed by atoms with E-state index >= 15 is 0 Å². The molecule has 0 unspecified atom stereocenters. The van der Waals surface area contributed by atoms with Crippen LogP contribution in [0, 0.1) is 5.41 Å². The van der Waals surface area contributed by atoms with Crippen molar-refractivity contribution in [1.82, 2.24) is 15.3 Å². The van der Waals surface area contributed by atoms with Gasteiger partial charge in [0, 0.05) is 19.4 Å². The zero-order valence-corrected chi connectivity index (χ0v) is 7.56. The van der Waals surface area contributed by atoms with Gasteiger partial charge < -0.3 is 11.1 Å². The lowest BCUT2D eigenvalue weighted by molar-refractivity contribution is 0.250. The van der Waals surface area contributed by atoms with Gasteiger partial charge in [0.1, 0.15) is 0 Å². The molecule has 0 aliphatic rings. The van der Waals surface area contributed by atoms with E-state index in [4.69, 9.17) is 11.1 Å². The molecule has 1 aromatic heterocycles. The van der Waals surface area contributed by atoms with Crippen molar-refractivity contribution in [3.8, 4) is 0 Å². The molecule has 0 fully saturated rings. The number of nitrogens with zero attached hydrogens (tertiary/aromatic N) is 3. The molecule has 4 N–H and O–H groups in total. The number of carbonyl (C=O) groups is 1. The second-order valence-electron chi connectivity index (χ2n) is 2.32. The smallest absolute Gasteiger partial charge is 0.331 e. The van der Waals surface area contributed by atoms with E-state index in [-0.39, 0.29) is 5.95 Å². The zero-order valence-electron chi connectivity index (χ0n) is 7.56. The van der Waals surface area contributed by atoms with Crippen LogP contribution in [-0.4, -0.2) is 29.0 Å². The number of urea groups is 1. The Morgan fingerprint density at radius 2 is 2.14 bits per heavy atom. The maximum Gasteiger partial charge on any atom is 0.331 e. The summed E-state index contributed by atoms with van der Waals surface area (Å²) in [5.74, 6) is -0.366. The fourth-order valence-electron chi connectivity index (χ4n) is 0.826. The summed E-state index contributed by atoms with van der Waals surface area (Å²) < 4.78 is 0. The molecule has 0 radical (unpaired) electrons. The molecule has 7 heteroatoms. The molecular weight excluding hydrogens is 184 g/mol. The van der Waals surface area contributed by atoms with Gasteiger partial charge in [0.25, 0.3) is 0 Å². The molecule has 14 heavy (non-hydrogen) atoms. The summed E-state index contributed by atoms with van der Waals surface area (Å²) in [5, 5.41) is 9.52. The van der Waals surface area contributed by atoms with Crippen molar-refractivity contribution < 1.29 is 4.79 Å². The van der Waals surface area contributed by atoms with Gasteiger partial charge in [-0.3, -0.25) is 5.41 Å². The van der Waals surface area contributed by atoms with Crippen molar-refractivity contribution in [2.45, 2.75) is 0 Å². The number of aromatic nitrogens is 2. The Labute approximate surface area is 80.5 Å². The molecular formula is C7H10N6O. The van der Waals surface area contributed by atoms with Crippen LogP contribution in [0.3, 0.4) is 0 Å². The maximum atomic E-state index is 11.3. The number of hydrogen-bond donors (Lipinski definition) is 3. The highest BCUT2D eigenvalue weighted by molar-refractivity contribution is 6.12. The molecule has 0 atom stereocenters. The zero-order chi connectivity index (χ0) is 10.6. The van der Waals surface area contributed by atoms with E-state index in [1.165, 1.54) is 19.4 Å². The van der Waals surface area contributed by atoms with Crippen LogP contribution in [0.4, 0.5) is 10.7 Å². The minimum atomic E-state index is -0.552. The number of guanidine groups is 1. The summed E-state index contributed by atoms with van der Waals surface area (Å²) in [5.41, 5.74) is 5.21. The van der Waals surface area contributed by atoms with Crippen LogP contribution < -0.4 is 16.0 Å². The molecule has 0 aromatic carbocycles. The molecule has 0 aliphatic carbocycles. The van der Waals surface area contributed by atoms with E-state index < -0.39 is 12.0 Å². The molecule has 1 heterocycles. The number of carbonyl (C=O) groups excluding carboxylic acids is 1. The highest BCUT2D eigenvalue weighted by Gasteiger charge is 2.19. The topological polar surface area (TPSA) is 108 Å². The summed E-state index contributed by atoms with van der Waals surface area (Å²) in [6.45, 7) is 0. The van der Waals surface area contributed by atoms with E-state index in [1.807, 2.05) is 0 Å². The van der Waals surface area contributed by atoms with Gasteiger partial charge in [-0.25, -0.2) is 14.8 Å². The summed E-state index contributed by atoms with van der Waals surface area (Å²) in [7, 11) is 1.43. The Bertz CT molecular complexity index is 337. The van der Waals surface area contributed by atoms with Crippen LogP contribution in [0.5, 0.6) is 0 Å². The molecule has 2 amide bonds. The van der Waals surface area contributed by atoms with Gasteiger partial charge >= 0.3 is 6.03 Å². The SMILES string of the molecule is CNC(=O)N(C(=N)N)c1ncccn1. The first-order valence-corrected chi connectivity index (χ1v) is 3.79. The lowest BCUT2D eigenvalue weighted by atomic mass is 10.6. The minimum absolute atomic E-state index is 0.0688. The maximum absolute atomic E-state index is 11.3. The molecule has 0 bridgehead atoms. The van der Waals surface area contributed by atoms with Crippen LogP contribution in [0.15, 0.2) is 18.5 Å². The highest BCUT2D eigenvalue weighted by atomic mass is 16.2. The fraction of sp³-hybridized carbons (Fsp3) is 0.143. The Hall–Kier alpha value is -2.18. The van der Waals surface area contributed by atoms with Gasteiger partial charge in [0.15, 0.2) is 0 Å². The van der Waals surface area contributed by atoms with E-state index in [0.29, 0.717) is 0 Å². The van der Waals surface area contributed by atoms with Gasteiger partial charge in [-0.1, -0.05) is 0 Å². The minimum Gasteiger partial charge on any atom is -0.369 e. The Kier molecular flexibility index (Phi) is 2.95. The average molecular weight is 194 g/mol. The summed E-state index contributed by atoms with van der Waals surface area (Å²) in [4.78, 5) is 19.7. The largest absolute Gasteiger partial charge is 0.369 e. The predicted octanol–water partition coefficient (Wildman–Crippen LogP) is -0.484. The first kappa shape index (κ1) is 9.90. The number of nitrogens with one attached hydrogen (secondary N) is 2. The van der Waals surface area contributed by atoms with Crippen molar-refractivity contribution >= 4 is 17.9 Å². The van der Waals surface area contributed by atoms with Crippen molar-refractivity contribution in [3.63, 3.8) is 0 Å². The Morgan fingerprint density at radius 1 is 1.57 bits per heavy atom. The molecule has 7 nitrogen and oxygen atoms in total. The second kappa shape index (κ2) is 4.17. The van der Waals surface area contributed by atoms with Gasteiger partial charge in [0.05, 0.1) is 0 Å². The number of nitrogens with two attached hydrogens (primary N) is 1. The molecule has 0 saturated heterocycles. The standard InChI is InChI=1S/C7H10N6O/c1-10-7(14)13(5(8)9)6-11-3-2-4-12-6/h2-4H,1H3,(H3,8,9)(H,10,14). The molecule has 0 spiro atoms. The van der Waals surface area contributed by atoms with Crippen LogP contribution in [-0.2, 0) is 0 Å². The second-order valence-corrected chi connectivity index (χ2v) is 2.32. The van der Waals surface area contributed by atoms with Crippen LogP contribution in [0.2, 0.25) is 0 Å². The molecule has 0 saturated carbocycles. The van der Waals surface area contributed by atoms with Crippen LogP contribution >= 0.6 is 0 Å². The molecule has 1 aromatic rings. The van der Waals surface area contributed by atoms with E-state index in [0.717, 1.165) is 4.90 Å². The Morgan fingerprint density at radius 3 is 2.57 bits per heavy atom. The fourth-order valence-corrected chi connectivity index (χ4v) is 0.826. The van der Waals surface area contributed by atoms with Crippen molar-refractivity contribution in [3.05, 3.63) is 18.5 Å². The number of amides is 2. The van der Waals surface area contributed by atoms with Gasteiger partial charge in [0.2, 0.25) is 11.9 Å². The first-order chi connectivity index (χ1) is 6.66. The van der Waals surface area contributed by atoms with Crippen LogP contribution in [0.1, 0.15) is 0 Å². The normalized spacial score (nSPS) is 9.21. The van der Waals surface area contributed by atoms with Gasteiger partial charge in [-0.15, -0.1) is 0 Å². The summed E-state index contributed by atoms with van der Waals surface area (Å²) in [6, 6.07) is 1.05. The molecule has 0 aliphatic heterocycles. The van der Waals surface area contributed by atoms with E-state index in [9.17, 15) is 4.79 Å². The Balaban J connectivity index is 3.01. The van der Waals surface area contributed by atoms with Crippen molar-refractivity contribution in [1.29, 1.82) is 5.41 Å². The summed E-state index contributed by atoms with van der Waals surface area (Å²) in [6.07, 6.45) is 2.92. The lowest BCUT2D eigenvalue weighted by Gasteiger charge is -2.16. The van der Waals surface area contributed by atoms with E-state index in [1.54, 1.807) is 6.07 Å². The molecule has 74 valence electrons. The third-order valence-electron chi connectivity index (χ3n) is 1.41. The number of rotatable bonds is 1. The predicted molar refractivity (Wildman–Crippen MR) is 50.9 cm³/mol. The number of hydrogen-bond acceptors (Lipinski definition) is 4. The lowest BCUT2D eigenvalue weighted by Crippen LogP contribution is -2.46.